The van der Waals surface area contributed by atoms with Crippen LogP contribution in [0, 0.1) is 0 Å². The van der Waals surface area contributed by atoms with Crippen molar-refractivity contribution in [3.05, 3.63) is 120 Å². The van der Waals surface area contributed by atoms with Gasteiger partial charge in [-0.25, -0.2) is 0 Å². The van der Waals surface area contributed by atoms with Crippen LogP contribution in [-0.4, -0.2) is 34.1 Å². The summed E-state index contributed by atoms with van der Waals surface area (Å²) in [4.78, 5) is 0. The van der Waals surface area contributed by atoms with Crippen molar-refractivity contribution < 1.29 is 18.9 Å². The molecule has 1 aliphatic rings. The maximum absolute atomic E-state index is 5.92. The molecule has 0 radical (unpaired) electrons. The maximum atomic E-state index is 5.92. The minimum absolute atomic E-state index is 0.206. The summed E-state index contributed by atoms with van der Waals surface area (Å²) in [5.74, 6) is 3.59. The quantitative estimate of drug-likeness (QED) is 0.181. The zero-order valence-corrected chi connectivity index (χ0v) is 26.0. The number of ether oxygens (including phenoxy) is 4. The summed E-state index contributed by atoms with van der Waals surface area (Å²) >= 11 is 0. The molecule has 4 aromatic carbocycles. The van der Waals surface area contributed by atoms with E-state index in [1.807, 2.05) is 24.3 Å². The predicted molar refractivity (Wildman–Crippen MR) is 175 cm³/mol. The SMILES string of the molecule is COc1ccccc1P(C1=C(C(C)P(c2ccccc2OC)c2ccccc2OC)CC=C1)c1ccccc1OC. The monoisotopic (exact) mass is 582 g/mol. The van der Waals surface area contributed by atoms with E-state index in [-0.39, 0.29) is 5.66 Å². The largest absolute Gasteiger partial charge is 0.496 e. The first-order valence-electron chi connectivity index (χ1n) is 13.6. The Balaban J connectivity index is 1.75. The smallest absolute Gasteiger partial charge is 0.127 e. The molecule has 0 N–H and O–H groups in total. The molecule has 5 rings (SSSR count). The van der Waals surface area contributed by atoms with Crippen LogP contribution in [0.1, 0.15) is 13.3 Å². The molecule has 0 spiro atoms. The number of methoxy groups -OCH3 is 4. The second-order valence-corrected chi connectivity index (χ2v) is 14.2. The van der Waals surface area contributed by atoms with Crippen molar-refractivity contribution in [3.63, 3.8) is 0 Å². The second kappa shape index (κ2) is 13.4. The maximum Gasteiger partial charge on any atom is 0.127 e. The Morgan fingerprint density at radius 1 is 0.537 bits per heavy atom. The lowest BCUT2D eigenvalue weighted by atomic mass is 10.2. The van der Waals surface area contributed by atoms with Crippen LogP contribution in [0.4, 0.5) is 0 Å². The minimum atomic E-state index is -0.971. The van der Waals surface area contributed by atoms with Crippen LogP contribution >= 0.6 is 15.8 Å². The molecule has 1 atom stereocenters. The number of benzene rings is 4. The summed E-state index contributed by atoms with van der Waals surface area (Å²) in [6.07, 6.45) is 5.52. The molecule has 0 aliphatic heterocycles. The molecule has 0 aromatic heterocycles. The van der Waals surface area contributed by atoms with Gasteiger partial charge in [-0.15, -0.1) is 0 Å². The fraction of sp³-hybridized carbons (Fsp3) is 0.200. The summed E-state index contributed by atoms with van der Waals surface area (Å²) < 4.78 is 23.7. The molecule has 0 heterocycles. The predicted octanol–water partition coefficient (Wildman–Crippen LogP) is 6.89. The van der Waals surface area contributed by atoms with Gasteiger partial charge in [0.1, 0.15) is 23.0 Å². The van der Waals surface area contributed by atoms with Crippen molar-refractivity contribution in [2.45, 2.75) is 19.0 Å². The minimum Gasteiger partial charge on any atom is -0.496 e. The van der Waals surface area contributed by atoms with E-state index < -0.39 is 15.8 Å². The summed E-state index contributed by atoms with van der Waals surface area (Å²) in [6, 6.07) is 33.6. The summed E-state index contributed by atoms with van der Waals surface area (Å²) in [5.41, 5.74) is 1.63. The molecule has 6 heteroatoms. The van der Waals surface area contributed by atoms with Crippen LogP contribution in [0.2, 0.25) is 0 Å². The highest BCUT2D eigenvalue weighted by molar-refractivity contribution is 7.77. The van der Waals surface area contributed by atoms with E-state index in [4.69, 9.17) is 18.9 Å². The van der Waals surface area contributed by atoms with E-state index in [1.54, 1.807) is 28.4 Å². The summed E-state index contributed by atoms with van der Waals surface area (Å²) in [5, 5.41) is 6.12. The van der Waals surface area contributed by atoms with E-state index in [2.05, 4.69) is 91.9 Å². The van der Waals surface area contributed by atoms with Crippen molar-refractivity contribution in [2.24, 2.45) is 0 Å². The van der Waals surface area contributed by atoms with Gasteiger partial charge in [0.05, 0.1) is 28.4 Å². The van der Waals surface area contributed by atoms with Gasteiger partial charge in [0.2, 0.25) is 0 Å². The first kappa shape index (κ1) is 28.9. The molecule has 41 heavy (non-hydrogen) atoms. The van der Waals surface area contributed by atoms with Crippen molar-refractivity contribution in [3.8, 4) is 23.0 Å². The highest BCUT2D eigenvalue weighted by Crippen LogP contribution is 2.56. The van der Waals surface area contributed by atoms with Gasteiger partial charge >= 0.3 is 0 Å². The Hall–Kier alpha value is -3.58. The molecule has 1 aliphatic carbocycles. The number of hydrogen-bond acceptors (Lipinski definition) is 4. The van der Waals surface area contributed by atoms with E-state index in [0.29, 0.717) is 0 Å². The fourth-order valence-corrected chi connectivity index (χ4v) is 11.4. The van der Waals surface area contributed by atoms with Crippen molar-refractivity contribution in [1.82, 2.24) is 0 Å². The molecule has 4 aromatic rings. The summed E-state index contributed by atoms with van der Waals surface area (Å²) in [7, 11) is 5.15. The Bertz CT molecular complexity index is 1470. The van der Waals surface area contributed by atoms with Crippen LogP contribution in [0.15, 0.2) is 120 Å². The molecular weight excluding hydrogens is 546 g/mol. The van der Waals surface area contributed by atoms with E-state index in [1.165, 1.54) is 32.1 Å². The normalized spacial score (nSPS) is 13.5. The van der Waals surface area contributed by atoms with Crippen LogP contribution in [0.5, 0.6) is 23.0 Å². The average Bonchev–Trinajstić information content (AvgIpc) is 3.52. The Labute approximate surface area is 246 Å². The highest BCUT2D eigenvalue weighted by atomic mass is 31.1. The molecular formula is C35H36O4P2. The molecule has 0 saturated heterocycles. The van der Waals surface area contributed by atoms with Crippen LogP contribution in [0.25, 0.3) is 0 Å². The molecule has 210 valence electrons. The van der Waals surface area contributed by atoms with Crippen molar-refractivity contribution in [1.29, 1.82) is 0 Å². The van der Waals surface area contributed by atoms with E-state index >= 15 is 0 Å². The lowest BCUT2D eigenvalue weighted by Gasteiger charge is -2.32. The second-order valence-electron chi connectivity index (χ2n) is 9.59. The van der Waals surface area contributed by atoms with Crippen molar-refractivity contribution in [2.75, 3.05) is 28.4 Å². The highest BCUT2D eigenvalue weighted by Gasteiger charge is 2.34. The van der Waals surface area contributed by atoms with E-state index in [0.717, 1.165) is 29.4 Å². The van der Waals surface area contributed by atoms with Gasteiger partial charge < -0.3 is 18.9 Å². The van der Waals surface area contributed by atoms with Gasteiger partial charge in [-0.1, -0.05) is 97.4 Å². The molecule has 1 unspecified atom stereocenters. The third-order valence-electron chi connectivity index (χ3n) is 7.42. The topological polar surface area (TPSA) is 36.9 Å². The van der Waals surface area contributed by atoms with Gasteiger partial charge in [-0.3, -0.25) is 0 Å². The lowest BCUT2D eigenvalue weighted by molar-refractivity contribution is 0.417. The number of para-hydroxylation sites is 4. The average molecular weight is 583 g/mol. The molecule has 0 saturated carbocycles. The lowest BCUT2D eigenvalue weighted by Crippen LogP contribution is -2.24. The van der Waals surface area contributed by atoms with Gasteiger partial charge in [0, 0.05) is 26.9 Å². The first-order chi connectivity index (χ1) is 20.1. The van der Waals surface area contributed by atoms with Crippen LogP contribution in [0.3, 0.4) is 0 Å². The van der Waals surface area contributed by atoms with Crippen LogP contribution < -0.4 is 40.2 Å². The van der Waals surface area contributed by atoms with Gasteiger partial charge in [-0.05, 0) is 51.8 Å². The van der Waals surface area contributed by atoms with Crippen LogP contribution in [-0.2, 0) is 0 Å². The molecule has 0 amide bonds. The number of allylic oxidation sites excluding steroid dienone is 4. The standard InChI is InChI=1S/C35H36O4P2/c1-25(40(32-20-10-6-16-27(32)36-2)33-21-11-7-17-28(33)37-3)26-15-14-24-31(26)41(34-22-12-8-18-29(34)38-4)35-23-13-9-19-30(35)39-5/h6-14,16-25H,15H2,1-5H3. The Morgan fingerprint density at radius 3 is 1.32 bits per heavy atom. The zero-order chi connectivity index (χ0) is 28.8. The molecule has 4 nitrogen and oxygen atoms in total. The molecule has 0 bridgehead atoms. The van der Waals surface area contributed by atoms with Gasteiger partial charge in [0.15, 0.2) is 0 Å². The zero-order valence-electron chi connectivity index (χ0n) is 24.2. The first-order valence-corrected chi connectivity index (χ1v) is 16.4. The Kier molecular flexibility index (Phi) is 9.45. The van der Waals surface area contributed by atoms with Gasteiger partial charge in [-0.2, -0.15) is 0 Å². The number of hydrogen-bond donors (Lipinski definition) is 0. The Morgan fingerprint density at radius 2 is 0.902 bits per heavy atom. The third kappa shape index (κ3) is 5.78. The van der Waals surface area contributed by atoms with Crippen molar-refractivity contribution >= 4 is 37.1 Å². The van der Waals surface area contributed by atoms with E-state index in [9.17, 15) is 0 Å². The molecule has 0 fully saturated rings. The third-order valence-corrected chi connectivity index (χ3v) is 12.9. The number of rotatable bonds is 11. The fourth-order valence-electron chi connectivity index (χ4n) is 5.49. The summed E-state index contributed by atoms with van der Waals surface area (Å²) in [6.45, 7) is 2.37. The van der Waals surface area contributed by atoms with Gasteiger partial charge in [0.25, 0.3) is 0 Å².